The first-order valence-corrected chi connectivity index (χ1v) is 20.2. The Balaban J connectivity index is 0.000000173. The van der Waals surface area contributed by atoms with Gasteiger partial charge in [0.15, 0.2) is 0 Å². The van der Waals surface area contributed by atoms with E-state index in [2.05, 4.69) is 39.1 Å². The Kier molecular flexibility index (Phi) is 15.7. The summed E-state index contributed by atoms with van der Waals surface area (Å²) in [6, 6.07) is 0.788. The number of aromatic nitrogens is 4. The number of halogens is 1. The van der Waals surface area contributed by atoms with Gasteiger partial charge in [-0.2, -0.15) is 0 Å². The number of aliphatic hydroxyl groups excluding tert-OH is 3. The maximum Gasteiger partial charge on any atom is 0.141 e. The molecule has 0 aromatic carbocycles. The fraction of sp³-hybridized carbons (Fsp3) is 0.684. The number of nitrogens with zero attached hydrogens (tertiary/aromatic N) is 4. The van der Waals surface area contributed by atoms with E-state index in [1.807, 2.05) is 11.3 Å². The first-order chi connectivity index (χ1) is 23.5. The van der Waals surface area contributed by atoms with Crippen LogP contribution in [0.3, 0.4) is 0 Å². The average molecular weight is 748 g/mol. The van der Waals surface area contributed by atoms with Gasteiger partial charge in [-0.1, -0.05) is 32.9 Å². The van der Waals surface area contributed by atoms with Crippen LogP contribution in [0.1, 0.15) is 120 Å². The fourth-order valence-electron chi connectivity index (χ4n) is 7.15. The number of nitrogens with two attached hydrogens (primary N) is 1. The molecule has 0 radical (unpaired) electrons. The molecule has 2 atom stereocenters. The molecule has 4 aliphatic carbocycles. The number of hydrogen-bond acceptors (Lipinski definition) is 11. The first-order valence-electron chi connectivity index (χ1n) is 18.2. The lowest BCUT2D eigenvalue weighted by Gasteiger charge is -2.27. The molecule has 4 aliphatic rings. The predicted molar refractivity (Wildman–Crippen MR) is 211 cm³/mol. The predicted octanol–water partition coefficient (Wildman–Crippen LogP) is 8.27. The van der Waals surface area contributed by atoms with E-state index in [-0.39, 0.29) is 25.7 Å². The van der Waals surface area contributed by atoms with E-state index in [0.717, 1.165) is 96.9 Å². The van der Waals surface area contributed by atoms with Gasteiger partial charge in [-0.05, 0) is 127 Å². The van der Waals surface area contributed by atoms with Gasteiger partial charge in [0.2, 0.25) is 0 Å². The molecule has 0 bridgehead atoms. The maximum absolute atomic E-state index is 9.67. The van der Waals surface area contributed by atoms with Gasteiger partial charge in [-0.25, -0.2) is 19.9 Å². The van der Waals surface area contributed by atoms with Gasteiger partial charge < -0.3 is 26.4 Å². The minimum atomic E-state index is -0.167. The zero-order valence-corrected chi connectivity index (χ0v) is 31.9. The number of fused-ring (bicyclic) bond motifs is 6. The quantitative estimate of drug-likeness (QED) is 0.128. The van der Waals surface area contributed by atoms with E-state index >= 15 is 0 Å². The van der Waals surface area contributed by atoms with Gasteiger partial charge in [0.25, 0.3) is 0 Å². The van der Waals surface area contributed by atoms with Crippen molar-refractivity contribution in [1.82, 2.24) is 19.9 Å². The number of nitrogens with one attached hydrogen (secondary N) is 1. The van der Waals surface area contributed by atoms with Gasteiger partial charge in [-0.3, -0.25) is 0 Å². The van der Waals surface area contributed by atoms with Crippen LogP contribution in [0.4, 0.5) is 5.82 Å². The van der Waals surface area contributed by atoms with E-state index in [1.165, 1.54) is 52.0 Å². The molecule has 6 N–H and O–H groups in total. The Morgan fingerprint density at radius 3 is 1.72 bits per heavy atom. The molecule has 0 spiro atoms. The summed E-state index contributed by atoms with van der Waals surface area (Å²) >= 11 is 9.77. The van der Waals surface area contributed by atoms with Crippen molar-refractivity contribution in [3.8, 4) is 0 Å². The van der Waals surface area contributed by atoms with Gasteiger partial charge in [0.1, 0.15) is 33.3 Å². The zero-order valence-electron chi connectivity index (χ0n) is 29.5. The molecule has 0 saturated heterocycles. The molecule has 4 heterocycles. The Labute approximate surface area is 311 Å². The molecule has 2 fully saturated rings. The Hall–Kier alpha value is -1.99. The summed E-state index contributed by atoms with van der Waals surface area (Å²) in [5.74, 6) is 2.52. The molecule has 9 nitrogen and oxygen atoms in total. The molecule has 0 amide bonds. The van der Waals surface area contributed by atoms with Crippen LogP contribution in [0, 0.1) is 11.8 Å². The molecule has 2 saturated carbocycles. The van der Waals surface area contributed by atoms with Crippen LogP contribution >= 0.6 is 34.3 Å². The topological polar surface area (TPSA) is 150 Å². The number of anilines is 1. The third-order valence-corrected chi connectivity index (χ3v) is 12.6. The lowest BCUT2D eigenvalue weighted by molar-refractivity contribution is 0.123. The lowest BCUT2D eigenvalue weighted by atomic mass is 9.88. The largest absolute Gasteiger partial charge is 0.394 e. The molecule has 4 aromatic heterocycles. The summed E-state index contributed by atoms with van der Waals surface area (Å²) in [4.78, 5) is 22.6. The second-order valence-electron chi connectivity index (χ2n) is 14.8. The van der Waals surface area contributed by atoms with Crippen molar-refractivity contribution in [3.63, 3.8) is 0 Å². The zero-order chi connectivity index (χ0) is 35.1. The normalized spacial score (nSPS) is 25.8. The van der Waals surface area contributed by atoms with E-state index in [9.17, 15) is 5.11 Å². The van der Waals surface area contributed by atoms with Crippen LogP contribution in [0.5, 0.6) is 0 Å². The SMILES string of the molecule is C.CC(C)O.C[C@@H]1CCc2sc3ncnc(Cl)c3c2C1.C[C@@H]1CCc2sc3ncnc(NC4CCC(O)CC4)c3c2C1.NC1CCC(O)CC1. The van der Waals surface area contributed by atoms with Crippen molar-refractivity contribution in [2.45, 2.75) is 155 Å². The third-order valence-electron chi connectivity index (χ3n) is 9.91. The van der Waals surface area contributed by atoms with Crippen molar-refractivity contribution in [1.29, 1.82) is 0 Å². The van der Waals surface area contributed by atoms with Gasteiger partial charge in [-0.15, -0.1) is 22.7 Å². The average Bonchev–Trinajstić information content (AvgIpc) is 3.63. The number of thiophene rings is 2. The summed E-state index contributed by atoms with van der Waals surface area (Å²) in [5, 5.41) is 33.3. The Bertz CT molecular complexity index is 1620. The minimum Gasteiger partial charge on any atom is -0.394 e. The molecule has 0 aliphatic heterocycles. The number of aliphatic hydroxyl groups is 3. The molecule has 278 valence electrons. The van der Waals surface area contributed by atoms with Crippen LogP contribution in [0.25, 0.3) is 20.4 Å². The minimum absolute atomic E-state index is 0. The lowest BCUT2D eigenvalue weighted by Crippen LogP contribution is -2.28. The second kappa shape index (κ2) is 19.2. The third kappa shape index (κ3) is 11.0. The van der Waals surface area contributed by atoms with Crippen molar-refractivity contribution in [2.24, 2.45) is 17.6 Å². The number of rotatable bonds is 2. The van der Waals surface area contributed by atoms with Crippen molar-refractivity contribution >= 4 is 60.5 Å². The summed E-state index contributed by atoms with van der Waals surface area (Å²) in [7, 11) is 0. The summed E-state index contributed by atoms with van der Waals surface area (Å²) in [6.45, 7) is 8.08. The monoisotopic (exact) mass is 746 g/mol. The maximum atomic E-state index is 9.67. The summed E-state index contributed by atoms with van der Waals surface area (Å²) in [6.07, 6.45) is 17.8. The molecular formula is C38H59ClN6O3S2. The van der Waals surface area contributed by atoms with Gasteiger partial charge in [0.05, 0.1) is 23.0 Å². The standard InChI is InChI=1S/C17H23N3OS.C11H11ClN2S.C6H13NO.C3H8O.CH4/c1-10-2-7-14-13(8-10)15-16(18-9-19-17(15)22-14)20-11-3-5-12(21)6-4-11;1-6-2-3-8-7(4-6)9-10(12)13-5-14-11(9)15-8;7-5-1-3-6(8)4-2-5;1-3(2)4;/h9-12,21H,2-8H2,1H3,(H,18,19,20);5-6H,2-4H2,1H3;5-6,8H,1-4,7H2;3-4H,1-2H3;1H4/t10-,11?,12?;6-;;;/m11.../s1. The van der Waals surface area contributed by atoms with E-state index in [0.29, 0.717) is 17.2 Å². The van der Waals surface area contributed by atoms with Crippen molar-refractivity contribution < 1.29 is 15.3 Å². The molecular weight excluding hydrogens is 688 g/mol. The Morgan fingerprint density at radius 1 is 0.740 bits per heavy atom. The van der Waals surface area contributed by atoms with Crippen LogP contribution in [-0.4, -0.2) is 65.7 Å². The number of aryl methyl sites for hydroxylation is 2. The first kappa shape index (κ1) is 40.8. The second-order valence-corrected chi connectivity index (χ2v) is 17.3. The molecule has 12 heteroatoms. The summed E-state index contributed by atoms with van der Waals surface area (Å²) in [5.41, 5.74) is 8.47. The smallest absolute Gasteiger partial charge is 0.141 e. The summed E-state index contributed by atoms with van der Waals surface area (Å²) < 4.78 is 0. The molecule has 4 aromatic rings. The fourth-order valence-corrected chi connectivity index (χ4v) is 9.82. The van der Waals surface area contributed by atoms with Crippen LogP contribution in [0.2, 0.25) is 5.15 Å². The highest BCUT2D eigenvalue weighted by Gasteiger charge is 2.26. The van der Waals surface area contributed by atoms with Crippen molar-refractivity contribution in [3.05, 3.63) is 38.7 Å². The van der Waals surface area contributed by atoms with E-state index < -0.39 is 0 Å². The molecule has 8 rings (SSSR count). The highest BCUT2D eigenvalue weighted by atomic mass is 35.5. The van der Waals surface area contributed by atoms with Crippen LogP contribution in [0.15, 0.2) is 12.7 Å². The molecule has 50 heavy (non-hydrogen) atoms. The van der Waals surface area contributed by atoms with E-state index in [4.69, 9.17) is 27.5 Å². The number of hydrogen-bond donors (Lipinski definition) is 5. The highest BCUT2D eigenvalue weighted by Crippen LogP contribution is 2.41. The van der Waals surface area contributed by atoms with Crippen molar-refractivity contribution in [2.75, 3.05) is 5.32 Å². The van der Waals surface area contributed by atoms with E-state index in [1.54, 1.807) is 37.8 Å². The molecule has 0 unspecified atom stereocenters. The van der Waals surface area contributed by atoms with Crippen LogP contribution in [-0.2, 0) is 25.7 Å². The highest BCUT2D eigenvalue weighted by molar-refractivity contribution is 7.19. The van der Waals surface area contributed by atoms with Crippen LogP contribution < -0.4 is 11.1 Å². The van der Waals surface area contributed by atoms with Gasteiger partial charge in [0, 0.05) is 27.9 Å². The Morgan fingerprint density at radius 2 is 1.20 bits per heavy atom. The van der Waals surface area contributed by atoms with Gasteiger partial charge >= 0.3 is 0 Å².